The molecule has 36 heavy (non-hydrogen) atoms. The van der Waals surface area contributed by atoms with Crippen molar-refractivity contribution in [3.05, 3.63) is 77.6 Å². The highest BCUT2D eigenvalue weighted by Gasteiger charge is 2.22. The molecule has 2 atom stereocenters. The fourth-order valence-electron chi connectivity index (χ4n) is 4.83. The number of benzene rings is 2. The van der Waals surface area contributed by atoms with Crippen molar-refractivity contribution in [1.29, 1.82) is 5.26 Å². The molecular formula is C30H40FN3O2. The van der Waals surface area contributed by atoms with Crippen molar-refractivity contribution in [3.63, 3.8) is 0 Å². The first-order valence-corrected chi connectivity index (χ1v) is 13.1. The summed E-state index contributed by atoms with van der Waals surface area (Å²) in [6.45, 7) is 14.9. The largest absolute Gasteiger partial charge is 0.487 e. The van der Waals surface area contributed by atoms with Gasteiger partial charge in [-0.05, 0) is 80.1 Å². The molecule has 194 valence electrons. The lowest BCUT2D eigenvalue weighted by Crippen LogP contribution is -2.50. The molecule has 0 amide bonds. The van der Waals surface area contributed by atoms with Gasteiger partial charge in [0.15, 0.2) is 0 Å². The van der Waals surface area contributed by atoms with Crippen molar-refractivity contribution in [1.82, 2.24) is 9.80 Å². The van der Waals surface area contributed by atoms with Crippen molar-refractivity contribution >= 4 is 0 Å². The van der Waals surface area contributed by atoms with Crippen molar-refractivity contribution in [3.8, 4) is 11.8 Å². The molecule has 1 fully saturated rings. The Labute approximate surface area is 216 Å². The summed E-state index contributed by atoms with van der Waals surface area (Å²) in [7, 11) is 0. The van der Waals surface area contributed by atoms with Gasteiger partial charge < -0.3 is 14.4 Å². The molecule has 2 unspecified atom stereocenters. The third kappa shape index (κ3) is 8.74. The van der Waals surface area contributed by atoms with Gasteiger partial charge in [0.25, 0.3) is 0 Å². The molecule has 0 spiro atoms. The van der Waals surface area contributed by atoms with Gasteiger partial charge in [-0.2, -0.15) is 5.26 Å². The van der Waals surface area contributed by atoms with Crippen LogP contribution in [0.25, 0.3) is 0 Å². The van der Waals surface area contributed by atoms with E-state index in [1.54, 1.807) is 18.2 Å². The molecular weight excluding hydrogens is 453 g/mol. The molecule has 3 rings (SSSR count). The van der Waals surface area contributed by atoms with Crippen molar-refractivity contribution < 1.29 is 13.9 Å². The first kappa shape index (κ1) is 27.9. The second kappa shape index (κ2) is 14.7. The Morgan fingerprint density at radius 1 is 1.11 bits per heavy atom. The van der Waals surface area contributed by atoms with Gasteiger partial charge in [0.05, 0.1) is 24.8 Å². The maximum Gasteiger partial charge on any atom is 0.135 e. The maximum absolute atomic E-state index is 13.3. The molecule has 2 aromatic carbocycles. The number of ether oxygens (including phenoxy) is 2. The highest BCUT2D eigenvalue weighted by Crippen LogP contribution is 2.27. The normalized spacial score (nSPS) is 16.3. The lowest BCUT2D eigenvalue weighted by molar-refractivity contribution is 0.0275. The monoisotopic (exact) mass is 493 g/mol. The summed E-state index contributed by atoms with van der Waals surface area (Å²) in [6, 6.07) is 14.7. The number of hydrogen-bond acceptors (Lipinski definition) is 5. The fourth-order valence-corrected chi connectivity index (χ4v) is 4.83. The quantitative estimate of drug-likeness (QED) is 0.255. The number of rotatable bonds is 14. The van der Waals surface area contributed by atoms with Gasteiger partial charge in [-0.3, -0.25) is 4.90 Å². The van der Waals surface area contributed by atoms with E-state index in [-0.39, 0.29) is 11.9 Å². The predicted molar refractivity (Wildman–Crippen MR) is 143 cm³/mol. The third-order valence-corrected chi connectivity index (χ3v) is 6.94. The van der Waals surface area contributed by atoms with Gasteiger partial charge in [-0.15, -0.1) is 6.58 Å². The number of nitriles is 1. The maximum atomic E-state index is 13.3. The number of hydrogen-bond donors (Lipinski definition) is 0. The van der Waals surface area contributed by atoms with Crippen LogP contribution >= 0.6 is 0 Å². The molecule has 0 saturated carbocycles. The average Bonchev–Trinajstić information content (AvgIpc) is 2.89. The molecule has 0 bridgehead atoms. The van der Waals surface area contributed by atoms with Crippen LogP contribution in [-0.4, -0.2) is 68.4 Å². The second-order valence-corrected chi connectivity index (χ2v) is 9.60. The van der Waals surface area contributed by atoms with Gasteiger partial charge >= 0.3 is 0 Å². The molecule has 0 radical (unpaired) electrons. The van der Waals surface area contributed by atoms with E-state index in [4.69, 9.17) is 9.47 Å². The zero-order valence-corrected chi connectivity index (χ0v) is 21.8. The van der Waals surface area contributed by atoms with E-state index in [1.165, 1.54) is 24.1 Å². The molecule has 1 aliphatic rings. The van der Waals surface area contributed by atoms with E-state index in [0.29, 0.717) is 24.9 Å². The molecule has 1 aliphatic heterocycles. The third-order valence-electron chi connectivity index (χ3n) is 6.94. The van der Waals surface area contributed by atoms with E-state index < -0.39 is 0 Å². The van der Waals surface area contributed by atoms with Crippen molar-refractivity contribution in [2.45, 2.75) is 45.1 Å². The summed E-state index contributed by atoms with van der Waals surface area (Å²) in [6.07, 6.45) is 5.06. The summed E-state index contributed by atoms with van der Waals surface area (Å²) in [5.74, 6) is 0.929. The summed E-state index contributed by atoms with van der Waals surface area (Å²) in [5.41, 5.74) is 3.19. The van der Waals surface area contributed by atoms with Crippen LogP contribution in [0.5, 0.6) is 5.75 Å². The molecule has 1 saturated heterocycles. The van der Waals surface area contributed by atoms with E-state index in [2.05, 4.69) is 41.5 Å². The van der Waals surface area contributed by atoms with Crippen LogP contribution in [0.4, 0.5) is 4.39 Å². The van der Waals surface area contributed by atoms with Crippen molar-refractivity contribution in [2.75, 3.05) is 52.5 Å². The van der Waals surface area contributed by atoms with Gasteiger partial charge in [-0.1, -0.05) is 25.1 Å². The Morgan fingerprint density at radius 3 is 2.47 bits per heavy atom. The summed E-state index contributed by atoms with van der Waals surface area (Å²) in [5, 5.41) is 9.19. The minimum atomic E-state index is -0.268. The van der Waals surface area contributed by atoms with E-state index in [1.807, 2.05) is 13.0 Å². The zero-order valence-electron chi connectivity index (χ0n) is 21.8. The van der Waals surface area contributed by atoms with Crippen LogP contribution in [0.3, 0.4) is 0 Å². The van der Waals surface area contributed by atoms with Crippen LogP contribution in [0.1, 0.15) is 48.8 Å². The number of aryl methyl sites for hydroxylation is 1. The summed E-state index contributed by atoms with van der Waals surface area (Å²) < 4.78 is 25.0. The Hall–Kier alpha value is -2.72. The summed E-state index contributed by atoms with van der Waals surface area (Å²) in [4.78, 5) is 4.98. The minimum absolute atomic E-state index is 0.122. The van der Waals surface area contributed by atoms with Crippen molar-refractivity contribution in [2.24, 2.45) is 0 Å². The molecule has 5 nitrogen and oxygen atoms in total. The Kier molecular flexibility index (Phi) is 11.4. The Balaban J connectivity index is 1.43. The highest BCUT2D eigenvalue weighted by molar-refractivity contribution is 5.40. The molecule has 6 heteroatoms. The lowest BCUT2D eigenvalue weighted by atomic mass is 9.90. The second-order valence-electron chi connectivity index (χ2n) is 9.60. The van der Waals surface area contributed by atoms with Crippen LogP contribution < -0.4 is 4.74 Å². The van der Waals surface area contributed by atoms with Crippen LogP contribution in [0, 0.1) is 24.1 Å². The fraction of sp³-hybridized carbons (Fsp3) is 0.500. The van der Waals surface area contributed by atoms with E-state index in [9.17, 15) is 9.65 Å². The molecule has 0 aromatic heterocycles. The molecule has 1 heterocycles. The molecule has 0 N–H and O–H groups in total. The highest BCUT2D eigenvalue weighted by atomic mass is 19.1. The molecule has 2 aromatic rings. The predicted octanol–water partition coefficient (Wildman–Crippen LogP) is 5.55. The SMILES string of the molecule is C=CCOCC(CN1CCN(CCCC(CC)c2ccc(C#N)c(C)c2)CC1)Oc1ccc(F)cc1. The van der Waals surface area contributed by atoms with Gasteiger partial charge in [0.1, 0.15) is 17.7 Å². The zero-order chi connectivity index (χ0) is 25.8. The van der Waals surface area contributed by atoms with Gasteiger partial charge in [-0.25, -0.2) is 4.39 Å². The number of nitrogens with zero attached hydrogens (tertiary/aromatic N) is 3. The average molecular weight is 494 g/mol. The van der Waals surface area contributed by atoms with Crippen LogP contribution in [0.2, 0.25) is 0 Å². The first-order chi connectivity index (χ1) is 17.5. The topological polar surface area (TPSA) is 48.7 Å². The lowest BCUT2D eigenvalue weighted by Gasteiger charge is -2.36. The number of piperazine rings is 1. The van der Waals surface area contributed by atoms with Crippen LogP contribution in [-0.2, 0) is 4.74 Å². The van der Waals surface area contributed by atoms with E-state index >= 15 is 0 Å². The van der Waals surface area contributed by atoms with E-state index in [0.717, 1.165) is 63.2 Å². The Morgan fingerprint density at radius 2 is 1.83 bits per heavy atom. The molecule has 0 aliphatic carbocycles. The van der Waals surface area contributed by atoms with Gasteiger partial charge in [0.2, 0.25) is 0 Å². The smallest absolute Gasteiger partial charge is 0.135 e. The first-order valence-electron chi connectivity index (χ1n) is 13.1. The van der Waals surface area contributed by atoms with Crippen LogP contribution in [0.15, 0.2) is 55.1 Å². The van der Waals surface area contributed by atoms with Gasteiger partial charge in [0, 0.05) is 32.7 Å². The minimum Gasteiger partial charge on any atom is -0.487 e. The Bertz CT molecular complexity index is 981. The standard InChI is InChI=1S/C30H40FN3O2/c1-4-19-35-23-30(36-29-12-10-28(31)11-13-29)22-34-17-15-33(16-18-34)14-6-7-25(5-2)26-8-9-27(21-32)24(3)20-26/h4,8-13,20,25,30H,1,5-7,14-19,22-23H2,2-3H3. The summed E-state index contributed by atoms with van der Waals surface area (Å²) >= 11 is 0. The number of halogens is 1.